The van der Waals surface area contributed by atoms with Gasteiger partial charge in [-0.3, -0.25) is 9.11 Å². The maximum absolute atomic E-state index is 12.0. The largest absolute Gasteiger partial charge is 0.324 e. The summed E-state index contributed by atoms with van der Waals surface area (Å²) in [5.41, 5.74) is 1.79. The number of nitrogens with one attached hydrogen (secondary N) is 1. The molecule has 1 aromatic heterocycles. The smallest absolute Gasteiger partial charge is 0.295 e. The van der Waals surface area contributed by atoms with Crippen molar-refractivity contribution in [2.45, 2.75) is 30.6 Å². The van der Waals surface area contributed by atoms with Crippen LogP contribution in [0.25, 0.3) is 10.8 Å². The molecule has 0 bridgehead atoms. The minimum absolute atomic E-state index is 0.0519. The molecule has 0 saturated carbocycles. The molecule has 0 amide bonds. The van der Waals surface area contributed by atoms with E-state index in [4.69, 9.17) is 0 Å². The highest BCUT2D eigenvalue weighted by Gasteiger charge is 2.21. The van der Waals surface area contributed by atoms with Crippen LogP contribution in [0.2, 0.25) is 0 Å². The molecule has 0 aliphatic rings. The molecule has 36 heavy (non-hydrogen) atoms. The van der Waals surface area contributed by atoms with Gasteiger partial charge in [0.05, 0.1) is 11.4 Å². The Hall–Kier alpha value is -3.85. The van der Waals surface area contributed by atoms with Gasteiger partial charge in [0.15, 0.2) is 0 Å². The molecule has 0 spiro atoms. The molecule has 0 radical (unpaired) electrons. The van der Waals surface area contributed by atoms with E-state index in [9.17, 15) is 25.9 Å². The van der Waals surface area contributed by atoms with Crippen molar-refractivity contribution in [1.82, 2.24) is 15.0 Å². The molecule has 3 aromatic carbocycles. The molecule has 0 unspecified atom stereocenters. The Labute approximate surface area is 206 Å². The van der Waals surface area contributed by atoms with Gasteiger partial charge in [0.2, 0.25) is 5.95 Å². The van der Waals surface area contributed by atoms with Crippen LogP contribution in [0.15, 0.2) is 68.6 Å². The molecule has 3 N–H and O–H groups in total. The number of aromatic nitrogens is 3. The van der Waals surface area contributed by atoms with Crippen molar-refractivity contribution in [1.29, 1.82) is 0 Å². The van der Waals surface area contributed by atoms with Crippen LogP contribution in [0.1, 0.15) is 17.2 Å². The molecule has 0 saturated heterocycles. The first-order valence-corrected chi connectivity index (χ1v) is 13.2. The molecule has 0 aliphatic heterocycles. The van der Waals surface area contributed by atoms with Crippen LogP contribution in [-0.4, -0.2) is 40.9 Å². The second-order valence-electron chi connectivity index (χ2n) is 7.83. The summed E-state index contributed by atoms with van der Waals surface area (Å²) in [6.07, 6.45) is 0. The number of nitrogens with zero attached hydrogens (tertiary/aromatic N) is 5. The van der Waals surface area contributed by atoms with E-state index in [1.165, 1.54) is 18.2 Å². The van der Waals surface area contributed by atoms with Gasteiger partial charge in [-0.15, -0.1) is 0 Å². The van der Waals surface area contributed by atoms with Crippen LogP contribution in [0, 0.1) is 20.8 Å². The normalized spacial score (nSPS) is 12.4. The Bertz CT molecular complexity index is 1730. The van der Waals surface area contributed by atoms with Crippen molar-refractivity contribution in [3.63, 3.8) is 0 Å². The number of benzene rings is 3. The van der Waals surface area contributed by atoms with E-state index in [1.807, 2.05) is 0 Å². The van der Waals surface area contributed by atoms with E-state index in [2.05, 4.69) is 30.5 Å². The second kappa shape index (κ2) is 9.31. The SMILES string of the molecule is Cc1nc(C)nc(Nc2ccc(N=Nc3cc(S(=O)(=O)O)c4cccc(S(=O)(=O)O)c4c3)c(C)c2)n1. The maximum atomic E-state index is 12.0. The summed E-state index contributed by atoms with van der Waals surface area (Å²) in [6, 6.07) is 11.1. The van der Waals surface area contributed by atoms with Gasteiger partial charge in [-0.05, 0) is 62.7 Å². The molecule has 4 aromatic rings. The highest BCUT2D eigenvalue weighted by atomic mass is 32.2. The molecule has 0 atom stereocenters. The number of azo groups is 1. The van der Waals surface area contributed by atoms with E-state index in [0.717, 1.165) is 12.1 Å². The Balaban J connectivity index is 1.73. The second-order valence-corrected chi connectivity index (χ2v) is 10.6. The number of rotatable bonds is 6. The number of anilines is 2. The predicted octanol–water partition coefficient (Wildman–Crippen LogP) is 4.60. The van der Waals surface area contributed by atoms with Crippen molar-refractivity contribution in [2.24, 2.45) is 10.2 Å². The van der Waals surface area contributed by atoms with E-state index < -0.39 is 30.0 Å². The zero-order chi connectivity index (χ0) is 26.3. The Kier molecular flexibility index (Phi) is 6.53. The monoisotopic (exact) mass is 528 g/mol. The summed E-state index contributed by atoms with van der Waals surface area (Å²) in [7, 11) is -9.44. The topological polar surface area (TPSA) is 184 Å². The molecule has 1 heterocycles. The molecule has 0 aliphatic carbocycles. The first-order chi connectivity index (χ1) is 16.8. The first kappa shape index (κ1) is 25.2. The van der Waals surface area contributed by atoms with Crippen LogP contribution < -0.4 is 5.32 Å². The third-order valence-electron chi connectivity index (χ3n) is 5.04. The number of hydrogen-bond acceptors (Lipinski definition) is 10. The molecule has 186 valence electrons. The molecular formula is C22H20N6O6S2. The average Bonchev–Trinajstić information content (AvgIpc) is 2.75. The van der Waals surface area contributed by atoms with Gasteiger partial charge in [0, 0.05) is 16.5 Å². The summed E-state index contributed by atoms with van der Waals surface area (Å²) >= 11 is 0. The lowest BCUT2D eigenvalue weighted by molar-refractivity contribution is 0.481. The molecular weight excluding hydrogens is 508 g/mol. The van der Waals surface area contributed by atoms with Crippen LogP contribution in [0.4, 0.5) is 23.0 Å². The molecule has 14 heteroatoms. The lowest BCUT2D eigenvalue weighted by atomic mass is 10.1. The Morgan fingerprint density at radius 1 is 0.750 bits per heavy atom. The average molecular weight is 529 g/mol. The molecule has 0 fully saturated rings. The third kappa shape index (κ3) is 5.52. The van der Waals surface area contributed by atoms with Crippen molar-refractivity contribution < 1.29 is 25.9 Å². The van der Waals surface area contributed by atoms with E-state index in [0.29, 0.717) is 34.5 Å². The lowest BCUT2D eigenvalue weighted by Gasteiger charge is -2.09. The van der Waals surface area contributed by atoms with Gasteiger partial charge in [-0.1, -0.05) is 12.1 Å². The summed E-state index contributed by atoms with van der Waals surface area (Å²) in [4.78, 5) is 11.5. The van der Waals surface area contributed by atoms with Crippen LogP contribution >= 0.6 is 0 Å². The predicted molar refractivity (Wildman–Crippen MR) is 132 cm³/mol. The fourth-order valence-electron chi connectivity index (χ4n) is 3.56. The lowest BCUT2D eigenvalue weighted by Crippen LogP contribution is -2.03. The van der Waals surface area contributed by atoms with Crippen LogP contribution in [0.5, 0.6) is 0 Å². The highest BCUT2D eigenvalue weighted by molar-refractivity contribution is 7.86. The minimum Gasteiger partial charge on any atom is -0.324 e. The van der Waals surface area contributed by atoms with E-state index in [-0.39, 0.29) is 16.5 Å². The quantitative estimate of drug-likeness (QED) is 0.236. The van der Waals surface area contributed by atoms with E-state index in [1.54, 1.807) is 39.0 Å². The Morgan fingerprint density at radius 3 is 2.03 bits per heavy atom. The fourth-order valence-corrected chi connectivity index (χ4v) is 4.99. The number of aryl methyl sites for hydroxylation is 3. The fraction of sp³-hybridized carbons (Fsp3) is 0.136. The van der Waals surface area contributed by atoms with Gasteiger partial charge in [-0.2, -0.15) is 37.0 Å². The third-order valence-corrected chi connectivity index (χ3v) is 6.85. The number of hydrogen-bond donors (Lipinski definition) is 3. The highest BCUT2D eigenvalue weighted by Crippen LogP contribution is 2.34. The molecule has 12 nitrogen and oxygen atoms in total. The first-order valence-electron chi connectivity index (χ1n) is 10.3. The summed E-state index contributed by atoms with van der Waals surface area (Å²) < 4.78 is 66.8. The Morgan fingerprint density at radius 2 is 1.42 bits per heavy atom. The van der Waals surface area contributed by atoms with Gasteiger partial charge >= 0.3 is 0 Å². The van der Waals surface area contributed by atoms with Gasteiger partial charge in [0.25, 0.3) is 20.2 Å². The van der Waals surface area contributed by atoms with Crippen LogP contribution in [0.3, 0.4) is 0 Å². The summed E-state index contributed by atoms with van der Waals surface area (Å²) in [6.45, 7) is 5.30. The maximum Gasteiger partial charge on any atom is 0.295 e. The zero-order valence-corrected chi connectivity index (χ0v) is 20.8. The van der Waals surface area contributed by atoms with Crippen molar-refractivity contribution in [2.75, 3.05) is 5.32 Å². The van der Waals surface area contributed by atoms with Crippen LogP contribution in [-0.2, 0) is 20.2 Å². The van der Waals surface area contributed by atoms with Gasteiger partial charge < -0.3 is 5.32 Å². The van der Waals surface area contributed by atoms with Gasteiger partial charge in [-0.25, -0.2) is 4.98 Å². The standard InChI is InChI=1S/C22H20N6O6S2/c1-12-9-15(26-22-24-13(2)23-14(3)25-22)7-8-19(12)28-27-16-10-18-17(21(11-16)36(32,33)34)5-4-6-20(18)35(29,30)31/h4-11H,1-3H3,(H,29,30,31)(H,32,33,34)(H,23,24,25,26). The minimum atomic E-state index is -4.75. The summed E-state index contributed by atoms with van der Waals surface area (Å²) in [5.74, 6) is 1.53. The molecule has 4 rings (SSSR count). The van der Waals surface area contributed by atoms with Crippen molar-refractivity contribution >= 4 is 54.0 Å². The number of fused-ring (bicyclic) bond motifs is 1. The van der Waals surface area contributed by atoms with Gasteiger partial charge in [0.1, 0.15) is 21.4 Å². The zero-order valence-electron chi connectivity index (χ0n) is 19.2. The van der Waals surface area contributed by atoms with E-state index >= 15 is 0 Å². The van der Waals surface area contributed by atoms with Crippen molar-refractivity contribution in [3.8, 4) is 0 Å². The summed E-state index contributed by atoms with van der Waals surface area (Å²) in [5, 5.41) is 11.0. The van der Waals surface area contributed by atoms with Crippen molar-refractivity contribution in [3.05, 3.63) is 65.7 Å².